The lowest BCUT2D eigenvalue weighted by atomic mass is 10.1. The Morgan fingerprint density at radius 1 is 1.07 bits per heavy atom. The number of nitrogens with one attached hydrogen (secondary N) is 1. The van der Waals surface area contributed by atoms with Gasteiger partial charge in [-0.25, -0.2) is 12.8 Å². The predicted octanol–water partition coefficient (Wildman–Crippen LogP) is 3.93. The van der Waals surface area contributed by atoms with E-state index in [4.69, 9.17) is 0 Å². The van der Waals surface area contributed by atoms with E-state index in [9.17, 15) is 18.1 Å². The van der Waals surface area contributed by atoms with Gasteiger partial charge in [-0.3, -0.25) is 0 Å². The number of halogens is 1. The van der Waals surface area contributed by atoms with Crippen molar-refractivity contribution in [2.24, 2.45) is 0 Å². The number of sulfonamides is 1. The fourth-order valence-electron chi connectivity index (χ4n) is 3.67. The van der Waals surface area contributed by atoms with E-state index < -0.39 is 16.1 Å². The van der Waals surface area contributed by atoms with Crippen LogP contribution in [-0.2, 0) is 23.0 Å². The van der Waals surface area contributed by atoms with Gasteiger partial charge in [0, 0.05) is 24.8 Å². The summed E-state index contributed by atoms with van der Waals surface area (Å²) in [6, 6.07) is 21.4. The summed E-state index contributed by atoms with van der Waals surface area (Å²) in [6.45, 7) is 0.531. The van der Waals surface area contributed by atoms with Gasteiger partial charge in [-0.05, 0) is 60.0 Å². The highest BCUT2D eigenvalue weighted by atomic mass is 32.2. The number of nitriles is 1. The Morgan fingerprint density at radius 3 is 2.50 bits per heavy atom. The van der Waals surface area contributed by atoms with Gasteiger partial charge in [0.25, 0.3) is 0 Å². The third-order valence-electron chi connectivity index (χ3n) is 5.23. The highest BCUT2D eigenvalue weighted by Crippen LogP contribution is 2.29. The minimum atomic E-state index is -3.79. The molecule has 1 heterocycles. The maximum absolute atomic E-state index is 13.5. The summed E-state index contributed by atoms with van der Waals surface area (Å²) >= 11 is 0. The summed E-state index contributed by atoms with van der Waals surface area (Å²) in [5, 5.41) is 12.6. The van der Waals surface area contributed by atoms with E-state index in [2.05, 4.69) is 11.4 Å². The molecule has 5 nitrogen and oxygen atoms in total. The summed E-state index contributed by atoms with van der Waals surface area (Å²) in [5.74, 6) is -0.331. The van der Waals surface area contributed by atoms with Gasteiger partial charge >= 0.3 is 0 Å². The molecule has 30 heavy (non-hydrogen) atoms. The molecule has 4 rings (SSSR count). The van der Waals surface area contributed by atoms with Crippen molar-refractivity contribution in [1.82, 2.24) is 4.31 Å². The largest absolute Gasteiger partial charge is 0.383 e. The van der Waals surface area contributed by atoms with Crippen LogP contribution in [-0.4, -0.2) is 25.3 Å². The molecule has 1 N–H and O–H groups in total. The SMILES string of the molecule is N#Cc1ccc2c(c1)CN(S(=O)(=O)c1ccccc1)[C@H](Cc1ccc(F)cc1)CN2. The van der Waals surface area contributed by atoms with Gasteiger partial charge in [0.15, 0.2) is 0 Å². The van der Waals surface area contributed by atoms with Crippen LogP contribution in [0, 0.1) is 17.1 Å². The van der Waals surface area contributed by atoms with E-state index in [1.165, 1.54) is 16.4 Å². The molecule has 1 atom stereocenters. The minimum Gasteiger partial charge on any atom is -0.383 e. The van der Waals surface area contributed by atoms with E-state index in [0.29, 0.717) is 18.5 Å². The van der Waals surface area contributed by atoms with E-state index >= 15 is 0 Å². The fourth-order valence-corrected chi connectivity index (χ4v) is 5.29. The molecule has 3 aromatic rings. The molecule has 0 fully saturated rings. The van der Waals surface area contributed by atoms with Gasteiger partial charge in [-0.15, -0.1) is 0 Å². The molecule has 0 saturated heterocycles. The van der Waals surface area contributed by atoms with Crippen molar-refractivity contribution in [3.8, 4) is 6.07 Å². The molecular weight excluding hydrogens is 401 g/mol. The topological polar surface area (TPSA) is 73.2 Å². The van der Waals surface area contributed by atoms with Gasteiger partial charge in [-0.1, -0.05) is 30.3 Å². The van der Waals surface area contributed by atoms with Gasteiger partial charge in [-0.2, -0.15) is 9.57 Å². The van der Waals surface area contributed by atoms with Crippen LogP contribution >= 0.6 is 0 Å². The standard InChI is InChI=1S/C23H20FN3O2S/c24-20-9-6-17(7-10-20)13-21-15-26-23-11-8-18(14-25)12-19(23)16-27(21)30(28,29)22-4-2-1-3-5-22/h1-12,21,26H,13,15-16H2/t21-/m1/s1. The van der Waals surface area contributed by atoms with E-state index in [1.807, 2.05) is 6.07 Å². The lowest BCUT2D eigenvalue weighted by Gasteiger charge is -2.29. The van der Waals surface area contributed by atoms with Crippen molar-refractivity contribution in [3.05, 3.63) is 95.3 Å². The smallest absolute Gasteiger partial charge is 0.243 e. The summed E-state index contributed by atoms with van der Waals surface area (Å²) in [7, 11) is -3.79. The maximum Gasteiger partial charge on any atom is 0.243 e. The van der Waals surface area contributed by atoms with Gasteiger partial charge in [0.05, 0.1) is 16.5 Å². The normalized spacial score (nSPS) is 16.7. The molecule has 1 aliphatic heterocycles. The summed E-state index contributed by atoms with van der Waals surface area (Å²) in [5.41, 5.74) is 2.88. The Bertz CT molecular complexity index is 1190. The molecule has 0 saturated carbocycles. The van der Waals surface area contributed by atoms with Crippen molar-refractivity contribution in [3.63, 3.8) is 0 Å². The molecule has 152 valence electrons. The van der Waals surface area contributed by atoms with Crippen LogP contribution < -0.4 is 5.32 Å². The van der Waals surface area contributed by atoms with Crippen molar-refractivity contribution in [2.75, 3.05) is 11.9 Å². The summed E-state index contributed by atoms with van der Waals surface area (Å²) < 4.78 is 41.9. The first kappa shape index (κ1) is 20.1. The molecule has 0 radical (unpaired) electrons. The Morgan fingerprint density at radius 2 is 1.80 bits per heavy atom. The first-order chi connectivity index (χ1) is 14.5. The monoisotopic (exact) mass is 421 g/mol. The third-order valence-corrected chi connectivity index (χ3v) is 7.14. The minimum absolute atomic E-state index is 0.140. The van der Waals surface area contributed by atoms with E-state index in [-0.39, 0.29) is 17.3 Å². The van der Waals surface area contributed by atoms with Crippen LogP contribution in [0.15, 0.2) is 77.7 Å². The number of hydrogen-bond donors (Lipinski definition) is 1. The molecule has 0 bridgehead atoms. The number of nitrogens with zero attached hydrogens (tertiary/aromatic N) is 2. The van der Waals surface area contributed by atoms with Gasteiger partial charge in [0.1, 0.15) is 5.82 Å². The van der Waals surface area contributed by atoms with Crippen LogP contribution in [0.1, 0.15) is 16.7 Å². The zero-order chi connectivity index (χ0) is 21.1. The first-order valence-corrected chi connectivity index (χ1v) is 11.0. The number of rotatable bonds is 4. The molecule has 7 heteroatoms. The van der Waals surface area contributed by atoms with Crippen molar-refractivity contribution >= 4 is 15.7 Å². The van der Waals surface area contributed by atoms with Crippen LogP contribution in [0.4, 0.5) is 10.1 Å². The van der Waals surface area contributed by atoms with Crippen LogP contribution in [0.25, 0.3) is 0 Å². The highest BCUT2D eigenvalue weighted by molar-refractivity contribution is 7.89. The Balaban J connectivity index is 1.76. The molecular formula is C23H20FN3O2S. The van der Waals surface area contributed by atoms with Crippen molar-refractivity contribution in [2.45, 2.75) is 23.9 Å². The van der Waals surface area contributed by atoms with Crippen molar-refractivity contribution < 1.29 is 12.8 Å². The first-order valence-electron chi connectivity index (χ1n) is 9.55. The average molecular weight is 421 g/mol. The third kappa shape index (κ3) is 4.06. The molecule has 1 aliphatic rings. The zero-order valence-corrected chi connectivity index (χ0v) is 16.9. The summed E-state index contributed by atoms with van der Waals surface area (Å²) in [6.07, 6.45) is 0.429. The second-order valence-corrected chi connectivity index (χ2v) is 9.10. The van der Waals surface area contributed by atoms with Crippen LogP contribution in [0.5, 0.6) is 0 Å². The average Bonchev–Trinajstić information content (AvgIpc) is 2.95. The van der Waals surface area contributed by atoms with Gasteiger partial charge in [0.2, 0.25) is 10.0 Å². The van der Waals surface area contributed by atoms with Crippen molar-refractivity contribution in [1.29, 1.82) is 5.26 Å². The van der Waals surface area contributed by atoms with Crippen LogP contribution in [0.3, 0.4) is 0 Å². The maximum atomic E-state index is 13.5. The molecule has 3 aromatic carbocycles. The highest BCUT2D eigenvalue weighted by Gasteiger charge is 2.34. The summed E-state index contributed by atoms with van der Waals surface area (Å²) in [4.78, 5) is 0.217. The molecule has 0 unspecified atom stereocenters. The number of benzene rings is 3. The Labute approximate surface area is 175 Å². The number of anilines is 1. The molecule has 0 aliphatic carbocycles. The lowest BCUT2D eigenvalue weighted by Crippen LogP contribution is -2.43. The molecule has 0 spiro atoms. The predicted molar refractivity (Wildman–Crippen MR) is 113 cm³/mol. The second-order valence-electron chi connectivity index (χ2n) is 7.21. The Kier molecular flexibility index (Phi) is 5.53. The second kappa shape index (κ2) is 8.27. The Hall–Kier alpha value is -3.21. The fraction of sp³-hybridized carbons (Fsp3) is 0.174. The number of fused-ring (bicyclic) bond motifs is 1. The van der Waals surface area contributed by atoms with E-state index in [0.717, 1.165) is 16.8 Å². The number of hydrogen-bond acceptors (Lipinski definition) is 4. The lowest BCUT2D eigenvalue weighted by molar-refractivity contribution is 0.325. The zero-order valence-electron chi connectivity index (χ0n) is 16.1. The molecule has 0 amide bonds. The van der Waals surface area contributed by atoms with Gasteiger partial charge < -0.3 is 5.32 Å². The van der Waals surface area contributed by atoms with E-state index in [1.54, 1.807) is 54.6 Å². The molecule has 0 aromatic heterocycles. The van der Waals surface area contributed by atoms with Crippen LogP contribution in [0.2, 0.25) is 0 Å². The quantitative estimate of drug-likeness (QED) is 0.693.